The van der Waals surface area contributed by atoms with Gasteiger partial charge < -0.3 is 45.4 Å². The second-order valence-electron chi connectivity index (χ2n) is 19.6. The molecule has 0 aliphatic carbocycles. The Labute approximate surface area is 323 Å². The van der Waals surface area contributed by atoms with Gasteiger partial charge in [-0.05, 0) is 136 Å². The Morgan fingerprint density at radius 2 is 0.736 bits per heavy atom. The van der Waals surface area contributed by atoms with E-state index in [0.717, 1.165) is 0 Å². The third-order valence-corrected chi connectivity index (χ3v) is 8.27. The van der Waals surface area contributed by atoms with E-state index in [-0.39, 0.29) is 79.3 Å². The summed E-state index contributed by atoms with van der Waals surface area (Å²) in [5.74, 6) is -0.233. The fourth-order valence-corrected chi connectivity index (χ4v) is 5.17. The average molecular weight is 759 g/mol. The molecule has 3 amide bonds. The Morgan fingerprint density at radius 1 is 0.434 bits per heavy atom. The van der Waals surface area contributed by atoms with E-state index in [9.17, 15) is 14.4 Å². The molecule has 0 radical (unpaired) electrons. The first-order chi connectivity index (χ1) is 23.9. The predicted octanol–water partition coefficient (Wildman–Crippen LogP) is 6.36. The minimum Gasteiger partial charge on any atom is -0.379 e. The first-order valence-electron chi connectivity index (χ1n) is 19.7. The fourth-order valence-electron chi connectivity index (χ4n) is 5.17. The van der Waals surface area contributed by atoms with Crippen LogP contribution in [0.1, 0.15) is 162 Å². The Hall–Kier alpha value is -1.83. The van der Waals surface area contributed by atoms with Crippen LogP contribution in [-0.4, -0.2) is 103 Å². The molecule has 0 aliphatic rings. The molecule has 314 valence electrons. The number of hydrogen-bond donors (Lipinski definition) is 4. The largest absolute Gasteiger partial charge is 0.379 e. The van der Waals surface area contributed by atoms with E-state index in [1.165, 1.54) is 0 Å². The van der Waals surface area contributed by atoms with E-state index in [2.05, 4.69) is 16.0 Å². The first-order valence-corrected chi connectivity index (χ1v) is 19.7. The number of unbranched alkanes of at least 4 members (excludes halogenated alkanes) is 1. The molecule has 0 rings (SSSR count). The lowest BCUT2D eigenvalue weighted by Gasteiger charge is -2.30. The zero-order valence-corrected chi connectivity index (χ0v) is 36.7. The molecule has 12 nitrogen and oxygen atoms in total. The van der Waals surface area contributed by atoms with Crippen molar-refractivity contribution in [3.05, 3.63) is 0 Å². The minimum absolute atomic E-state index is 0.0151. The molecule has 0 saturated heterocycles. The summed E-state index contributed by atoms with van der Waals surface area (Å²) in [6.07, 6.45) is 4.69. The molecular weight excluding hydrogens is 676 g/mol. The van der Waals surface area contributed by atoms with E-state index in [1.807, 2.05) is 104 Å². The fraction of sp³-hybridized carbons (Fsp3) is 0.927. The van der Waals surface area contributed by atoms with Crippen LogP contribution in [0.4, 0.5) is 0 Å². The zero-order chi connectivity index (χ0) is 41.2. The van der Waals surface area contributed by atoms with E-state index in [1.54, 1.807) is 0 Å². The minimum atomic E-state index is -0.861. The van der Waals surface area contributed by atoms with Gasteiger partial charge in [-0.1, -0.05) is 6.42 Å². The van der Waals surface area contributed by atoms with E-state index in [0.29, 0.717) is 64.8 Å². The standard InChI is InChI=1S/C41H82N4O8/c1-35(2,3)51-27-22-38(10,11)43-32(46)18-16-17-21-41(42,30-49-25-19-33(47)44-39(12,13)23-28-52-36(4,5)6)31-50-26-20-34(48)45-40(14,15)24-29-53-37(7,8)9/h16-31,42H2,1-15H3,(H,43,46)(H,44,47)(H,45,48). The lowest BCUT2D eigenvalue weighted by atomic mass is 9.94. The molecule has 0 bridgehead atoms. The highest BCUT2D eigenvalue weighted by Crippen LogP contribution is 2.18. The van der Waals surface area contributed by atoms with Crippen LogP contribution in [0, 0.1) is 0 Å². The third-order valence-electron chi connectivity index (χ3n) is 8.27. The van der Waals surface area contributed by atoms with Crippen molar-refractivity contribution in [2.45, 2.75) is 201 Å². The van der Waals surface area contributed by atoms with Crippen LogP contribution >= 0.6 is 0 Å². The normalized spacial score (nSPS) is 13.6. The summed E-state index contributed by atoms with van der Waals surface area (Å²) in [4.78, 5) is 38.2. The van der Waals surface area contributed by atoms with Crippen LogP contribution in [0.25, 0.3) is 0 Å². The number of nitrogens with one attached hydrogen (secondary N) is 3. The van der Waals surface area contributed by atoms with Crippen LogP contribution < -0.4 is 21.7 Å². The van der Waals surface area contributed by atoms with Gasteiger partial charge in [0.15, 0.2) is 0 Å². The van der Waals surface area contributed by atoms with Gasteiger partial charge in [-0.15, -0.1) is 0 Å². The number of nitrogens with two attached hydrogens (primary N) is 1. The van der Waals surface area contributed by atoms with Gasteiger partial charge >= 0.3 is 0 Å². The molecule has 0 aromatic heterocycles. The first kappa shape index (κ1) is 51.2. The lowest BCUT2D eigenvalue weighted by Crippen LogP contribution is -2.50. The van der Waals surface area contributed by atoms with Crippen LogP contribution in [0.15, 0.2) is 0 Å². The highest BCUT2D eigenvalue weighted by Gasteiger charge is 2.28. The molecule has 0 spiro atoms. The Balaban J connectivity index is 5.06. The quantitative estimate of drug-likeness (QED) is 0.0700. The molecule has 0 heterocycles. The topological polar surface area (TPSA) is 159 Å². The van der Waals surface area contributed by atoms with Crippen LogP contribution in [0.5, 0.6) is 0 Å². The average Bonchev–Trinajstić information content (AvgIpc) is 2.92. The maximum Gasteiger partial charge on any atom is 0.222 e. The number of amides is 3. The highest BCUT2D eigenvalue weighted by molar-refractivity contribution is 5.77. The van der Waals surface area contributed by atoms with Crippen LogP contribution in [0.2, 0.25) is 0 Å². The van der Waals surface area contributed by atoms with Crippen molar-refractivity contribution in [2.75, 3.05) is 46.2 Å². The van der Waals surface area contributed by atoms with Crippen LogP contribution in [-0.2, 0) is 38.1 Å². The van der Waals surface area contributed by atoms with Gasteiger partial charge in [0.2, 0.25) is 17.7 Å². The molecule has 5 N–H and O–H groups in total. The van der Waals surface area contributed by atoms with Gasteiger partial charge in [-0.25, -0.2) is 0 Å². The van der Waals surface area contributed by atoms with Crippen molar-refractivity contribution in [3.63, 3.8) is 0 Å². The predicted molar refractivity (Wildman–Crippen MR) is 214 cm³/mol. The SMILES string of the molecule is CC(C)(CCOC(C)(C)C)NC(=O)CCCCC(N)(COCCC(=O)NC(C)(C)CCOC(C)(C)C)COCCC(=O)NC(C)(C)CCOC(C)(C)C. The molecule has 0 fully saturated rings. The van der Waals surface area contributed by atoms with Crippen molar-refractivity contribution in [2.24, 2.45) is 5.73 Å². The molecule has 0 aromatic carbocycles. The maximum atomic E-state index is 12.8. The maximum absolute atomic E-state index is 12.8. The number of ether oxygens (including phenoxy) is 5. The molecular formula is C41H82N4O8. The third kappa shape index (κ3) is 31.1. The second-order valence-corrected chi connectivity index (χ2v) is 19.6. The van der Waals surface area contributed by atoms with Crippen molar-refractivity contribution in [1.29, 1.82) is 0 Å². The summed E-state index contributed by atoms with van der Waals surface area (Å²) in [6, 6.07) is 0. The summed E-state index contributed by atoms with van der Waals surface area (Å²) in [5, 5.41) is 9.26. The number of carbonyl (C=O) groups excluding carboxylic acids is 3. The summed E-state index contributed by atoms with van der Waals surface area (Å²) in [7, 11) is 0. The Bertz CT molecular complexity index is 940. The van der Waals surface area contributed by atoms with E-state index in [4.69, 9.17) is 29.4 Å². The summed E-state index contributed by atoms with van der Waals surface area (Å²) in [5.41, 5.74) is 4.05. The molecule has 0 aliphatic heterocycles. The second kappa shape index (κ2) is 22.7. The summed E-state index contributed by atoms with van der Waals surface area (Å²) < 4.78 is 29.4. The number of rotatable bonds is 27. The van der Waals surface area contributed by atoms with Crippen molar-refractivity contribution < 1.29 is 38.1 Å². The van der Waals surface area contributed by atoms with Gasteiger partial charge in [0.05, 0.1) is 48.8 Å². The highest BCUT2D eigenvalue weighted by atomic mass is 16.5. The summed E-state index contributed by atoms with van der Waals surface area (Å²) in [6.45, 7) is 32.4. The zero-order valence-electron chi connectivity index (χ0n) is 36.7. The van der Waals surface area contributed by atoms with E-state index >= 15 is 0 Å². The Morgan fingerprint density at radius 3 is 1.04 bits per heavy atom. The van der Waals surface area contributed by atoms with Crippen molar-refractivity contribution >= 4 is 17.7 Å². The molecule has 0 aromatic rings. The smallest absolute Gasteiger partial charge is 0.222 e. The van der Waals surface area contributed by atoms with Crippen molar-refractivity contribution in [1.82, 2.24) is 16.0 Å². The van der Waals surface area contributed by atoms with Gasteiger partial charge in [0, 0.05) is 55.7 Å². The van der Waals surface area contributed by atoms with Crippen molar-refractivity contribution in [3.8, 4) is 0 Å². The molecule has 0 atom stereocenters. The monoisotopic (exact) mass is 759 g/mol. The molecule has 0 saturated carbocycles. The molecule has 53 heavy (non-hydrogen) atoms. The van der Waals surface area contributed by atoms with Crippen LogP contribution in [0.3, 0.4) is 0 Å². The molecule has 0 unspecified atom stereocenters. The summed E-state index contributed by atoms with van der Waals surface area (Å²) >= 11 is 0. The van der Waals surface area contributed by atoms with Gasteiger partial charge in [0.1, 0.15) is 0 Å². The lowest BCUT2D eigenvalue weighted by molar-refractivity contribution is -0.124. The molecule has 12 heteroatoms. The number of hydrogen-bond acceptors (Lipinski definition) is 9. The number of carbonyl (C=O) groups is 3. The van der Waals surface area contributed by atoms with Gasteiger partial charge in [-0.2, -0.15) is 0 Å². The van der Waals surface area contributed by atoms with E-state index < -0.39 is 16.6 Å². The Kier molecular flexibility index (Phi) is 21.9. The van der Waals surface area contributed by atoms with Gasteiger partial charge in [-0.3, -0.25) is 14.4 Å². The van der Waals surface area contributed by atoms with Gasteiger partial charge in [0.25, 0.3) is 0 Å².